The van der Waals surface area contributed by atoms with Crippen LogP contribution in [0.1, 0.15) is 19.3 Å². The van der Waals surface area contributed by atoms with Crippen LogP contribution in [0.4, 0.5) is 0 Å². The summed E-state index contributed by atoms with van der Waals surface area (Å²) in [5.41, 5.74) is 0. The van der Waals surface area contributed by atoms with E-state index in [1.165, 1.54) is 0 Å². The minimum atomic E-state index is -0.478. The van der Waals surface area contributed by atoms with Gasteiger partial charge in [-0.3, -0.25) is 4.79 Å². The highest BCUT2D eigenvalue weighted by Gasteiger charge is 2.27. The van der Waals surface area contributed by atoms with Crippen LogP contribution in [0.15, 0.2) is 28.7 Å². The van der Waals surface area contributed by atoms with E-state index in [1.807, 2.05) is 24.3 Å². The number of esters is 1. The highest BCUT2D eigenvalue weighted by atomic mass is 79.9. The van der Waals surface area contributed by atoms with E-state index in [2.05, 4.69) is 21.2 Å². The van der Waals surface area contributed by atoms with Crippen LogP contribution in [0.3, 0.4) is 0 Å². The Morgan fingerprint density at radius 3 is 3.05 bits per heavy atom. The number of nitrogens with one attached hydrogen (secondary N) is 1. The molecule has 0 aromatic heterocycles. The Kier molecular flexibility index (Phi) is 5.40. The first-order valence-corrected chi connectivity index (χ1v) is 7.29. The van der Waals surface area contributed by atoms with Gasteiger partial charge in [-0.05, 0) is 24.6 Å². The van der Waals surface area contributed by atoms with Crippen molar-refractivity contribution in [2.75, 3.05) is 13.2 Å². The number of cyclic esters (lactones) is 1. The van der Waals surface area contributed by atoms with Crippen LogP contribution in [0.5, 0.6) is 5.75 Å². The van der Waals surface area contributed by atoms with Gasteiger partial charge < -0.3 is 14.8 Å². The number of benzene rings is 1. The number of ether oxygens (including phenoxy) is 2. The van der Waals surface area contributed by atoms with Crippen molar-refractivity contribution >= 4 is 27.8 Å². The molecule has 1 aliphatic rings. The monoisotopic (exact) mass is 341 g/mol. The smallest absolute Gasteiger partial charge is 0.328 e. The second-order valence-corrected chi connectivity index (χ2v) is 5.40. The first-order chi connectivity index (χ1) is 9.65. The average Bonchev–Trinajstić information content (AvgIpc) is 2.80. The van der Waals surface area contributed by atoms with Crippen molar-refractivity contribution in [1.29, 1.82) is 0 Å². The molecular formula is C14H16BrNO4. The van der Waals surface area contributed by atoms with Crippen LogP contribution >= 0.6 is 15.9 Å². The zero-order valence-corrected chi connectivity index (χ0v) is 12.5. The molecule has 6 heteroatoms. The normalized spacial score (nSPS) is 17.6. The molecule has 0 bridgehead atoms. The van der Waals surface area contributed by atoms with Gasteiger partial charge in [0, 0.05) is 17.3 Å². The van der Waals surface area contributed by atoms with E-state index >= 15 is 0 Å². The first kappa shape index (κ1) is 14.8. The molecule has 1 atom stereocenters. The van der Waals surface area contributed by atoms with Gasteiger partial charge in [-0.2, -0.15) is 0 Å². The molecule has 1 aromatic carbocycles. The van der Waals surface area contributed by atoms with Gasteiger partial charge in [0.1, 0.15) is 11.8 Å². The number of amides is 1. The molecule has 1 N–H and O–H groups in total. The van der Waals surface area contributed by atoms with Crippen molar-refractivity contribution in [3.63, 3.8) is 0 Å². The van der Waals surface area contributed by atoms with Gasteiger partial charge in [0.05, 0.1) is 13.2 Å². The number of hydrogen-bond donors (Lipinski definition) is 1. The molecule has 0 saturated carbocycles. The number of carbonyl (C=O) groups is 2. The Balaban J connectivity index is 1.63. The Bertz CT molecular complexity index is 492. The molecule has 0 radical (unpaired) electrons. The zero-order chi connectivity index (χ0) is 14.4. The van der Waals surface area contributed by atoms with Crippen molar-refractivity contribution < 1.29 is 19.1 Å². The average molecular weight is 342 g/mol. The number of hydrogen-bond acceptors (Lipinski definition) is 4. The minimum Gasteiger partial charge on any atom is -0.494 e. The minimum absolute atomic E-state index is 0.147. The summed E-state index contributed by atoms with van der Waals surface area (Å²) in [7, 11) is 0. The summed E-state index contributed by atoms with van der Waals surface area (Å²) in [4.78, 5) is 22.8. The van der Waals surface area contributed by atoms with E-state index in [0.717, 1.165) is 10.2 Å². The molecular weight excluding hydrogens is 326 g/mol. The Labute approximate surface area is 125 Å². The van der Waals surface area contributed by atoms with Crippen molar-refractivity contribution in [3.05, 3.63) is 28.7 Å². The van der Waals surface area contributed by atoms with Crippen molar-refractivity contribution in [2.24, 2.45) is 0 Å². The van der Waals surface area contributed by atoms with Crippen molar-refractivity contribution in [2.45, 2.75) is 25.3 Å². The molecule has 1 aliphatic heterocycles. The van der Waals surface area contributed by atoms with Crippen LogP contribution in [0, 0.1) is 0 Å². The lowest BCUT2D eigenvalue weighted by Crippen LogP contribution is -2.37. The van der Waals surface area contributed by atoms with E-state index in [9.17, 15) is 9.59 Å². The predicted octanol–water partition coefficient (Wildman–Crippen LogP) is 2.04. The molecule has 1 aromatic rings. The topological polar surface area (TPSA) is 64.6 Å². The van der Waals surface area contributed by atoms with Crippen LogP contribution in [-0.2, 0) is 14.3 Å². The summed E-state index contributed by atoms with van der Waals surface area (Å²) in [6.45, 7) is 0.842. The summed E-state index contributed by atoms with van der Waals surface area (Å²) in [5.74, 6) is 0.273. The Morgan fingerprint density at radius 2 is 2.35 bits per heavy atom. The molecule has 1 unspecified atom stereocenters. The molecule has 5 nitrogen and oxygen atoms in total. The van der Waals surface area contributed by atoms with Gasteiger partial charge in [0.15, 0.2) is 0 Å². The van der Waals surface area contributed by atoms with E-state index in [-0.39, 0.29) is 11.9 Å². The maximum Gasteiger partial charge on any atom is 0.328 e. The van der Waals surface area contributed by atoms with Gasteiger partial charge in [0.25, 0.3) is 0 Å². The molecule has 20 heavy (non-hydrogen) atoms. The summed E-state index contributed by atoms with van der Waals surface area (Å²) in [6, 6.07) is 7.06. The summed E-state index contributed by atoms with van der Waals surface area (Å²) in [5, 5.41) is 2.66. The van der Waals surface area contributed by atoms with Gasteiger partial charge in [-0.15, -0.1) is 0 Å². The highest BCUT2D eigenvalue weighted by molar-refractivity contribution is 9.10. The van der Waals surface area contributed by atoms with E-state index < -0.39 is 6.04 Å². The number of halogens is 1. The van der Waals surface area contributed by atoms with Crippen molar-refractivity contribution in [3.8, 4) is 5.75 Å². The Morgan fingerprint density at radius 1 is 1.50 bits per heavy atom. The lowest BCUT2D eigenvalue weighted by molar-refractivity contribution is -0.141. The third-order valence-electron chi connectivity index (χ3n) is 2.88. The van der Waals surface area contributed by atoms with Crippen LogP contribution in [0.25, 0.3) is 0 Å². The second kappa shape index (κ2) is 7.28. The van der Waals surface area contributed by atoms with Crippen molar-refractivity contribution in [1.82, 2.24) is 5.32 Å². The molecule has 0 spiro atoms. The fourth-order valence-electron chi connectivity index (χ4n) is 1.87. The molecule has 1 heterocycles. The molecule has 1 fully saturated rings. The SMILES string of the molecule is O=C(CCCOc1cccc(Br)c1)NC1CCOC1=O. The Hall–Kier alpha value is -1.56. The van der Waals surface area contributed by atoms with Gasteiger partial charge in [-0.25, -0.2) is 4.79 Å². The molecule has 1 amide bonds. The molecule has 1 saturated heterocycles. The quantitative estimate of drug-likeness (QED) is 0.635. The highest BCUT2D eigenvalue weighted by Crippen LogP contribution is 2.17. The third kappa shape index (κ3) is 4.52. The van der Waals surface area contributed by atoms with Crippen LogP contribution < -0.4 is 10.1 Å². The molecule has 0 aliphatic carbocycles. The summed E-state index contributed by atoms with van der Waals surface area (Å²) in [6.07, 6.45) is 1.48. The predicted molar refractivity (Wildman–Crippen MR) is 76.4 cm³/mol. The summed E-state index contributed by atoms with van der Waals surface area (Å²) >= 11 is 3.36. The first-order valence-electron chi connectivity index (χ1n) is 6.49. The third-order valence-corrected chi connectivity index (χ3v) is 3.38. The van der Waals surface area contributed by atoms with Gasteiger partial charge >= 0.3 is 5.97 Å². The standard InChI is InChI=1S/C14H16BrNO4/c15-10-3-1-4-11(9-10)19-7-2-5-13(17)16-12-6-8-20-14(12)18/h1,3-4,9,12H,2,5-8H2,(H,16,17). The van der Waals surface area contributed by atoms with E-state index in [1.54, 1.807) is 0 Å². The van der Waals surface area contributed by atoms with E-state index in [0.29, 0.717) is 32.5 Å². The lowest BCUT2D eigenvalue weighted by atomic mass is 10.2. The fourth-order valence-corrected chi connectivity index (χ4v) is 2.25. The zero-order valence-electron chi connectivity index (χ0n) is 10.9. The largest absolute Gasteiger partial charge is 0.494 e. The van der Waals surface area contributed by atoms with Gasteiger partial charge in [-0.1, -0.05) is 22.0 Å². The lowest BCUT2D eigenvalue weighted by Gasteiger charge is -2.09. The van der Waals surface area contributed by atoms with E-state index in [4.69, 9.17) is 9.47 Å². The molecule has 2 rings (SSSR count). The summed E-state index contributed by atoms with van der Waals surface area (Å²) < 4.78 is 11.3. The van der Waals surface area contributed by atoms with Crippen LogP contribution in [0.2, 0.25) is 0 Å². The number of carbonyl (C=O) groups excluding carboxylic acids is 2. The number of rotatable bonds is 6. The fraction of sp³-hybridized carbons (Fsp3) is 0.429. The maximum absolute atomic E-state index is 11.6. The van der Waals surface area contributed by atoms with Crippen LogP contribution in [-0.4, -0.2) is 31.1 Å². The molecule has 108 valence electrons. The maximum atomic E-state index is 11.6. The second-order valence-electron chi connectivity index (χ2n) is 4.49. The van der Waals surface area contributed by atoms with Gasteiger partial charge in [0.2, 0.25) is 5.91 Å².